The Kier molecular flexibility index (Phi) is 5.60. The van der Waals surface area contributed by atoms with Gasteiger partial charge in [0.25, 0.3) is 0 Å². The average molecular weight is 261 g/mol. The number of thiazole rings is 1. The number of nitrogens with zero attached hydrogens (tertiary/aromatic N) is 1. The van der Waals surface area contributed by atoms with Gasteiger partial charge in [-0.05, 0) is 0 Å². The van der Waals surface area contributed by atoms with Crippen LogP contribution in [-0.4, -0.2) is 40.6 Å². The first-order chi connectivity index (χ1) is 5.11. The maximum atomic E-state index is 10.3. The van der Waals surface area contributed by atoms with Crippen molar-refractivity contribution in [3.8, 4) is 0 Å². The molecule has 0 spiro atoms. The van der Waals surface area contributed by atoms with Crippen LogP contribution in [0.15, 0.2) is 9.30 Å². The fourth-order valence-corrected chi connectivity index (χ4v) is 2.14. The molecule has 12 heavy (non-hydrogen) atoms. The average Bonchev–Trinajstić information content (AvgIpc) is 2.18. The van der Waals surface area contributed by atoms with Gasteiger partial charge in [-0.2, -0.15) is 4.57 Å². The number of hydrogen-bond donors (Lipinski definition) is 1. The van der Waals surface area contributed by atoms with E-state index in [1.165, 1.54) is 11.3 Å². The molecule has 0 fully saturated rings. The van der Waals surface area contributed by atoms with Crippen molar-refractivity contribution in [1.82, 2.24) is 0 Å². The zero-order valence-corrected chi connectivity index (χ0v) is 8.28. The molecule has 0 atom stereocenters. The number of aromatic nitrogens is 1. The monoisotopic (exact) mass is 260 g/mol. The van der Waals surface area contributed by atoms with Gasteiger partial charge in [0, 0.05) is 22.9 Å². The third-order valence-electron chi connectivity index (χ3n) is 1.26. The van der Waals surface area contributed by atoms with Gasteiger partial charge in [0.15, 0.2) is 5.69 Å². The molecule has 3 nitrogen and oxygen atoms in total. The van der Waals surface area contributed by atoms with Crippen LogP contribution < -0.4 is 4.57 Å². The van der Waals surface area contributed by atoms with Crippen LogP contribution in [0.5, 0.6) is 0 Å². The van der Waals surface area contributed by atoms with Gasteiger partial charge in [-0.1, -0.05) is 11.3 Å². The second-order valence-corrected chi connectivity index (χ2v) is 4.24. The van der Waals surface area contributed by atoms with Crippen molar-refractivity contribution in [2.45, 2.75) is 13.5 Å². The summed E-state index contributed by atoms with van der Waals surface area (Å²) in [6.07, 6.45) is 0. The van der Waals surface area contributed by atoms with Crippen molar-refractivity contribution in [1.29, 1.82) is 0 Å². The standard InChI is InChI=1S/C6H6BrNO2S.Na.H/c1-4-3-11-6(7)8(4)2-5(9)10;;/h3H,2H2,1H3;;/p+1. The van der Waals surface area contributed by atoms with Gasteiger partial charge in [-0.25, -0.2) is 4.79 Å². The fourth-order valence-electron chi connectivity index (χ4n) is 0.722. The Morgan fingerprint density at radius 1 is 1.83 bits per heavy atom. The predicted molar refractivity (Wildman–Crippen MR) is 51.7 cm³/mol. The van der Waals surface area contributed by atoms with E-state index < -0.39 is 5.97 Å². The second kappa shape index (κ2) is 5.34. The van der Waals surface area contributed by atoms with E-state index in [0.717, 1.165) is 9.61 Å². The van der Waals surface area contributed by atoms with Gasteiger partial charge in [0.2, 0.25) is 6.54 Å². The molecule has 0 radical (unpaired) electrons. The first-order valence-corrected chi connectivity index (χ1v) is 4.63. The van der Waals surface area contributed by atoms with Crippen LogP contribution in [0.3, 0.4) is 0 Å². The molecule has 0 bridgehead atoms. The summed E-state index contributed by atoms with van der Waals surface area (Å²) in [5, 5.41) is 10.4. The van der Waals surface area contributed by atoms with Crippen molar-refractivity contribution >= 4 is 62.8 Å². The van der Waals surface area contributed by atoms with Crippen LogP contribution in [0.4, 0.5) is 0 Å². The molecule has 62 valence electrons. The van der Waals surface area contributed by atoms with Crippen LogP contribution in [0.2, 0.25) is 0 Å². The first kappa shape index (κ1) is 12.6. The summed E-state index contributed by atoms with van der Waals surface area (Å²) in [6.45, 7) is 1.90. The number of carboxylic acid groups (broad SMARTS) is 1. The summed E-state index contributed by atoms with van der Waals surface area (Å²) < 4.78 is 2.55. The number of carboxylic acids is 1. The van der Waals surface area contributed by atoms with E-state index in [1.54, 1.807) is 4.57 Å². The van der Waals surface area contributed by atoms with E-state index in [1.807, 2.05) is 12.3 Å². The normalized spacial score (nSPS) is 9.17. The summed E-state index contributed by atoms with van der Waals surface area (Å²) in [7, 11) is 0. The SMILES string of the molecule is Cc1csc(Br)[n+]1CC(=O)O.[NaH]. The molecule has 6 heteroatoms. The Morgan fingerprint density at radius 2 is 2.42 bits per heavy atom. The van der Waals surface area contributed by atoms with Gasteiger partial charge in [0.1, 0.15) is 0 Å². The van der Waals surface area contributed by atoms with Crippen LogP contribution in [0, 0.1) is 6.92 Å². The molecule has 1 heterocycles. The molecule has 1 N–H and O–H groups in total. The zero-order valence-electron chi connectivity index (χ0n) is 5.87. The van der Waals surface area contributed by atoms with Crippen LogP contribution in [0.25, 0.3) is 0 Å². The molecule has 0 amide bonds. The molecular weight excluding hydrogens is 253 g/mol. The van der Waals surface area contributed by atoms with E-state index in [4.69, 9.17) is 5.11 Å². The van der Waals surface area contributed by atoms with Crippen molar-refractivity contribution < 1.29 is 14.5 Å². The minimum absolute atomic E-state index is 0. The zero-order chi connectivity index (χ0) is 8.43. The van der Waals surface area contributed by atoms with Crippen LogP contribution in [0.1, 0.15) is 5.69 Å². The molecule has 1 aromatic rings. The predicted octanol–water partition coefficient (Wildman–Crippen LogP) is 0.543. The van der Waals surface area contributed by atoms with Crippen LogP contribution in [-0.2, 0) is 11.3 Å². The van der Waals surface area contributed by atoms with Gasteiger partial charge in [0.05, 0.1) is 5.38 Å². The van der Waals surface area contributed by atoms with Gasteiger partial charge in [-0.15, -0.1) is 0 Å². The summed E-state index contributed by atoms with van der Waals surface area (Å²) in [4.78, 5) is 10.3. The summed E-state index contributed by atoms with van der Waals surface area (Å²) in [6, 6.07) is 0. The van der Waals surface area contributed by atoms with Gasteiger partial charge in [-0.3, -0.25) is 0 Å². The Morgan fingerprint density at radius 3 is 2.75 bits per heavy atom. The fraction of sp³-hybridized carbons (Fsp3) is 0.333. The van der Waals surface area contributed by atoms with Crippen molar-refractivity contribution in [3.05, 3.63) is 15.0 Å². The maximum absolute atomic E-state index is 10.3. The Hall–Kier alpha value is 0.580. The molecule has 0 aliphatic carbocycles. The molecule has 1 rings (SSSR count). The molecular formula is C6H8BrNNaO2S+. The van der Waals surface area contributed by atoms with E-state index >= 15 is 0 Å². The molecule has 0 saturated carbocycles. The molecule has 0 aliphatic rings. The molecule has 0 aromatic carbocycles. The molecule has 1 aromatic heterocycles. The van der Waals surface area contributed by atoms with E-state index in [9.17, 15) is 4.79 Å². The summed E-state index contributed by atoms with van der Waals surface area (Å²) in [5.41, 5.74) is 0.962. The summed E-state index contributed by atoms with van der Waals surface area (Å²) in [5.74, 6) is -0.822. The minimum atomic E-state index is -0.822. The number of aryl methyl sites for hydroxylation is 1. The number of rotatable bonds is 2. The number of halogens is 1. The second-order valence-electron chi connectivity index (χ2n) is 2.11. The van der Waals surface area contributed by atoms with Crippen molar-refractivity contribution in [3.63, 3.8) is 0 Å². The molecule has 0 aliphatic heterocycles. The third kappa shape index (κ3) is 3.14. The summed E-state index contributed by atoms with van der Waals surface area (Å²) >= 11 is 4.75. The first-order valence-electron chi connectivity index (χ1n) is 2.96. The van der Waals surface area contributed by atoms with Crippen molar-refractivity contribution in [2.24, 2.45) is 0 Å². The van der Waals surface area contributed by atoms with Gasteiger partial charge < -0.3 is 5.11 Å². The Balaban J connectivity index is 0.00000121. The quantitative estimate of drug-likeness (QED) is 0.623. The number of aliphatic carboxylic acids is 1. The van der Waals surface area contributed by atoms with Crippen LogP contribution >= 0.6 is 27.3 Å². The Labute approximate surface area is 105 Å². The van der Waals surface area contributed by atoms with E-state index in [2.05, 4.69) is 15.9 Å². The topological polar surface area (TPSA) is 41.2 Å². The van der Waals surface area contributed by atoms with E-state index in [-0.39, 0.29) is 36.1 Å². The van der Waals surface area contributed by atoms with E-state index in [0.29, 0.717) is 0 Å². The van der Waals surface area contributed by atoms with Gasteiger partial charge >= 0.3 is 39.4 Å². The van der Waals surface area contributed by atoms with Crippen molar-refractivity contribution in [2.75, 3.05) is 0 Å². The molecule has 0 saturated heterocycles. The molecule has 0 unspecified atom stereocenters. The third-order valence-corrected chi connectivity index (χ3v) is 3.12. The number of hydrogen-bond acceptors (Lipinski definition) is 2. The number of carbonyl (C=O) groups is 1. The Bertz CT molecular complexity index is 270.